The monoisotopic (exact) mass is 839 g/mol. The number of amides is 3. The SMILES string of the molecule is CC(C)(C)OC(=O)N[C@@H](CCCN(CC/N=C/C(=O)c1ccccc1)CCNCC(=O)c1ccccc1)C(=O)N[C@H](CCc1ccccc1)C(=O)Nc1cnc2ccccc2c1. The number of carbonyl (C=O) groups excluding carboxylic acids is 5. The van der Waals surface area contributed by atoms with Crippen molar-refractivity contribution in [3.63, 3.8) is 0 Å². The number of aryl methyl sites for hydroxylation is 1. The number of aromatic nitrogens is 1. The van der Waals surface area contributed by atoms with E-state index >= 15 is 0 Å². The third-order valence-electron chi connectivity index (χ3n) is 9.83. The van der Waals surface area contributed by atoms with Crippen molar-refractivity contribution in [2.24, 2.45) is 4.99 Å². The fraction of sp³-hybridized carbons (Fsp3) is 0.327. The number of alkyl carbamates (subject to hydrolysis) is 1. The minimum absolute atomic E-state index is 0.0204. The van der Waals surface area contributed by atoms with Gasteiger partial charge in [-0.15, -0.1) is 0 Å². The summed E-state index contributed by atoms with van der Waals surface area (Å²) in [7, 11) is 0. The molecule has 1 heterocycles. The lowest BCUT2D eigenvalue weighted by Gasteiger charge is -2.26. The van der Waals surface area contributed by atoms with Gasteiger partial charge in [0.05, 0.1) is 36.7 Å². The van der Waals surface area contributed by atoms with Crippen LogP contribution in [0.5, 0.6) is 0 Å². The number of rotatable bonds is 23. The van der Waals surface area contributed by atoms with Gasteiger partial charge in [-0.1, -0.05) is 109 Å². The number of hydrogen-bond donors (Lipinski definition) is 4. The molecule has 0 aliphatic rings. The number of para-hydroxylation sites is 1. The Hall–Kier alpha value is -6.57. The maximum atomic E-state index is 14.2. The van der Waals surface area contributed by atoms with Crippen molar-refractivity contribution < 1.29 is 28.7 Å². The van der Waals surface area contributed by atoms with Crippen molar-refractivity contribution in [2.75, 3.05) is 44.6 Å². The number of benzene rings is 4. The summed E-state index contributed by atoms with van der Waals surface area (Å²) < 4.78 is 5.55. The number of anilines is 1. The maximum Gasteiger partial charge on any atom is 0.408 e. The molecule has 0 aliphatic carbocycles. The predicted octanol–water partition coefficient (Wildman–Crippen LogP) is 6.69. The van der Waals surface area contributed by atoms with E-state index in [2.05, 4.69) is 36.1 Å². The fourth-order valence-electron chi connectivity index (χ4n) is 6.63. The van der Waals surface area contributed by atoms with Crippen molar-refractivity contribution in [1.29, 1.82) is 0 Å². The summed E-state index contributed by atoms with van der Waals surface area (Å²) in [5, 5.41) is 12.7. The van der Waals surface area contributed by atoms with E-state index in [4.69, 9.17) is 4.74 Å². The molecule has 0 fully saturated rings. The number of pyridine rings is 1. The highest BCUT2D eigenvalue weighted by molar-refractivity contribution is 6.35. The minimum Gasteiger partial charge on any atom is -0.444 e. The molecule has 5 rings (SSSR count). The van der Waals surface area contributed by atoms with Gasteiger partial charge in [0.1, 0.15) is 17.7 Å². The molecule has 0 unspecified atom stereocenters. The quantitative estimate of drug-likeness (QED) is 0.0318. The van der Waals surface area contributed by atoms with E-state index in [9.17, 15) is 24.0 Å². The van der Waals surface area contributed by atoms with Crippen molar-refractivity contribution in [1.82, 2.24) is 25.8 Å². The first kappa shape index (κ1) is 46.5. The third kappa shape index (κ3) is 16.1. The van der Waals surface area contributed by atoms with Crippen molar-refractivity contribution in [3.05, 3.63) is 144 Å². The van der Waals surface area contributed by atoms with Crippen molar-refractivity contribution in [3.8, 4) is 0 Å². The van der Waals surface area contributed by atoms with Gasteiger partial charge in [0.2, 0.25) is 17.6 Å². The molecule has 0 radical (unpaired) electrons. The van der Waals surface area contributed by atoms with E-state index < -0.39 is 35.6 Å². The predicted molar refractivity (Wildman–Crippen MR) is 244 cm³/mol. The summed E-state index contributed by atoms with van der Waals surface area (Å²) in [5.41, 5.74) is 2.64. The molecule has 0 saturated carbocycles. The molecule has 13 nitrogen and oxygen atoms in total. The molecule has 5 aromatic rings. The van der Waals surface area contributed by atoms with Crippen LogP contribution in [0.25, 0.3) is 10.9 Å². The Balaban J connectivity index is 1.26. The van der Waals surface area contributed by atoms with Gasteiger partial charge in [0.15, 0.2) is 5.78 Å². The zero-order valence-electron chi connectivity index (χ0n) is 35.7. The molecule has 3 amide bonds. The van der Waals surface area contributed by atoms with Gasteiger partial charge in [-0.2, -0.15) is 0 Å². The highest BCUT2D eigenvalue weighted by Crippen LogP contribution is 2.17. The highest BCUT2D eigenvalue weighted by atomic mass is 16.6. The lowest BCUT2D eigenvalue weighted by molar-refractivity contribution is -0.128. The number of hydrogen-bond acceptors (Lipinski definition) is 10. The van der Waals surface area contributed by atoms with E-state index in [1.165, 1.54) is 6.21 Å². The number of fused-ring (bicyclic) bond motifs is 1. The van der Waals surface area contributed by atoms with Crippen LogP contribution in [0.1, 0.15) is 66.3 Å². The van der Waals surface area contributed by atoms with Gasteiger partial charge in [0.25, 0.3) is 0 Å². The smallest absolute Gasteiger partial charge is 0.408 e. The Bertz CT molecular complexity index is 2250. The van der Waals surface area contributed by atoms with Crippen LogP contribution in [0.2, 0.25) is 0 Å². The van der Waals surface area contributed by atoms with Crippen molar-refractivity contribution in [2.45, 2.75) is 64.1 Å². The second-order valence-corrected chi connectivity index (χ2v) is 15.9. The number of Topliss-reactive ketones (excluding diaryl/α,β-unsaturated/α-hetero) is 2. The Labute approximate surface area is 363 Å². The molecule has 0 bridgehead atoms. The van der Waals surface area contributed by atoms with Gasteiger partial charge < -0.3 is 30.9 Å². The first-order chi connectivity index (χ1) is 29.9. The summed E-state index contributed by atoms with van der Waals surface area (Å²) in [6.07, 6.45) is 3.65. The number of nitrogens with one attached hydrogen (secondary N) is 4. The molecule has 0 saturated heterocycles. The van der Waals surface area contributed by atoms with Crippen LogP contribution in [0.4, 0.5) is 10.5 Å². The van der Waals surface area contributed by atoms with E-state index in [-0.39, 0.29) is 24.5 Å². The molecular formula is C49H57N7O6. The number of nitrogens with zero attached hydrogens (tertiary/aromatic N) is 3. The van der Waals surface area contributed by atoms with Crippen molar-refractivity contribution >= 4 is 52.3 Å². The fourth-order valence-corrected chi connectivity index (χ4v) is 6.63. The summed E-state index contributed by atoms with van der Waals surface area (Å²) in [5.74, 6) is -1.16. The van der Waals surface area contributed by atoms with Crippen LogP contribution in [-0.2, 0) is 20.7 Å². The van der Waals surface area contributed by atoms with Crippen LogP contribution in [0.3, 0.4) is 0 Å². The molecule has 4 N–H and O–H groups in total. The van der Waals surface area contributed by atoms with E-state index in [1.54, 1.807) is 63.4 Å². The van der Waals surface area contributed by atoms with Gasteiger partial charge in [-0.3, -0.25) is 29.2 Å². The molecule has 0 spiro atoms. The first-order valence-corrected chi connectivity index (χ1v) is 21.0. The van der Waals surface area contributed by atoms with Gasteiger partial charge >= 0.3 is 6.09 Å². The van der Waals surface area contributed by atoms with Gasteiger partial charge in [-0.25, -0.2) is 4.79 Å². The van der Waals surface area contributed by atoms with Crippen LogP contribution < -0.4 is 21.3 Å². The minimum atomic E-state index is -1.04. The second kappa shape index (κ2) is 24.0. The zero-order chi connectivity index (χ0) is 44.2. The standard InChI is InChI=1S/C49H57N7O6/c1-49(2,3)62-48(61)55-42(47(60)54-43(26-25-36-16-7-4-8-17-36)46(59)53-40-32-39-22-13-14-23-41(39)52-33-40)24-15-29-56(30-27-50-34-44(57)37-18-9-5-10-19-37)31-28-51-35-45(58)38-20-11-6-12-21-38/h4-14,16-23,32-34,42-43,51H,15,24-31,35H2,1-3H3,(H,53,59)(H,54,60)(H,55,61)/b50-34+/t42-,43+/m0/s1. The Kier molecular flexibility index (Phi) is 18.0. The molecule has 324 valence electrons. The number of ketones is 2. The normalized spacial score (nSPS) is 12.5. The van der Waals surface area contributed by atoms with E-state index in [0.717, 1.165) is 16.5 Å². The van der Waals surface area contributed by atoms with Crippen LogP contribution in [0.15, 0.2) is 133 Å². The van der Waals surface area contributed by atoms with E-state index in [0.29, 0.717) is 68.8 Å². The molecule has 4 aromatic carbocycles. The highest BCUT2D eigenvalue weighted by Gasteiger charge is 2.29. The molecule has 62 heavy (non-hydrogen) atoms. The Morgan fingerprint density at radius 1 is 0.742 bits per heavy atom. The Morgan fingerprint density at radius 2 is 1.39 bits per heavy atom. The molecular weight excluding hydrogens is 783 g/mol. The average Bonchev–Trinajstić information content (AvgIpc) is 3.27. The first-order valence-electron chi connectivity index (χ1n) is 21.0. The van der Waals surface area contributed by atoms with E-state index in [1.807, 2.05) is 84.9 Å². The van der Waals surface area contributed by atoms with Gasteiger partial charge in [0, 0.05) is 36.1 Å². The summed E-state index contributed by atoms with van der Waals surface area (Å²) in [6.45, 7) is 7.76. The number of aliphatic imine (C=N–C) groups is 1. The number of ether oxygens (including phenoxy) is 1. The maximum absolute atomic E-state index is 14.2. The Morgan fingerprint density at radius 3 is 2.10 bits per heavy atom. The molecule has 1 aromatic heterocycles. The topological polar surface area (TPSA) is 171 Å². The third-order valence-corrected chi connectivity index (χ3v) is 9.83. The largest absolute Gasteiger partial charge is 0.444 e. The van der Waals surface area contributed by atoms with Gasteiger partial charge in [-0.05, 0) is 70.7 Å². The summed E-state index contributed by atoms with van der Waals surface area (Å²) >= 11 is 0. The van der Waals surface area contributed by atoms with Crippen LogP contribution in [-0.4, -0.2) is 103 Å². The molecule has 0 aliphatic heterocycles. The zero-order valence-corrected chi connectivity index (χ0v) is 35.7. The number of carbonyl (C=O) groups is 5. The second-order valence-electron chi connectivity index (χ2n) is 15.9. The lowest BCUT2D eigenvalue weighted by atomic mass is 10.0. The summed E-state index contributed by atoms with van der Waals surface area (Å²) in [6, 6.07) is 35.1. The molecule has 2 atom stereocenters. The summed E-state index contributed by atoms with van der Waals surface area (Å²) in [4.78, 5) is 77.5. The molecule has 13 heteroatoms. The average molecular weight is 840 g/mol. The van der Waals surface area contributed by atoms with Crippen LogP contribution in [0, 0.1) is 0 Å². The van der Waals surface area contributed by atoms with Crippen LogP contribution >= 0.6 is 0 Å². The lowest BCUT2D eigenvalue weighted by Crippen LogP contribution is -2.53.